The second-order valence-corrected chi connectivity index (χ2v) is 4.63. The second kappa shape index (κ2) is 7.23. The molecule has 124 valence electrons. The third-order valence-electron chi connectivity index (χ3n) is 3.23. The van der Waals surface area contributed by atoms with Crippen LogP contribution in [0, 0.1) is 10.1 Å². The van der Waals surface area contributed by atoms with E-state index in [0.717, 1.165) is 0 Å². The lowest BCUT2D eigenvalue weighted by Gasteiger charge is -2.11. The van der Waals surface area contributed by atoms with Gasteiger partial charge in [-0.25, -0.2) is 4.79 Å². The molecule has 0 aliphatic rings. The van der Waals surface area contributed by atoms with Crippen LogP contribution in [0.3, 0.4) is 0 Å². The molecular formula is C16H14N2O6. The van der Waals surface area contributed by atoms with Gasteiger partial charge in [-0.15, -0.1) is 0 Å². The molecule has 0 atom stereocenters. The number of anilines is 1. The molecule has 1 N–H and O–H groups in total. The average Bonchev–Trinajstić information content (AvgIpc) is 2.61. The summed E-state index contributed by atoms with van der Waals surface area (Å²) < 4.78 is 9.71. The molecule has 0 aliphatic heterocycles. The summed E-state index contributed by atoms with van der Waals surface area (Å²) in [7, 11) is 2.64. The van der Waals surface area contributed by atoms with Gasteiger partial charge in [0.05, 0.1) is 30.4 Å². The molecule has 0 heterocycles. The summed E-state index contributed by atoms with van der Waals surface area (Å²) in [6.07, 6.45) is 0. The van der Waals surface area contributed by atoms with Crippen LogP contribution in [-0.4, -0.2) is 31.0 Å². The zero-order valence-corrected chi connectivity index (χ0v) is 12.9. The van der Waals surface area contributed by atoms with E-state index in [2.05, 4.69) is 10.1 Å². The van der Waals surface area contributed by atoms with Crippen LogP contribution in [0.4, 0.5) is 11.4 Å². The van der Waals surface area contributed by atoms with Gasteiger partial charge in [-0.3, -0.25) is 14.9 Å². The second-order valence-electron chi connectivity index (χ2n) is 4.63. The Kier molecular flexibility index (Phi) is 5.10. The first kappa shape index (κ1) is 16.9. The van der Waals surface area contributed by atoms with Crippen LogP contribution in [0.15, 0.2) is 42.5 Å². The number of nitro benzene ring substituents is 1. The lowest BCUT2D eigenvalue weighted by molar-refractivity contribution is -0.385. The van der Waals surface area contributed by atoms with E-state index in [1.807, 2.05) is 0 Å². The Morgan fingerprint density at radius 3 is 2.42 bits per heavy atom. The maximum absolute atomic E-state index is 12.4. The number of nitro groups is 1. The van der Waals surface area contributed by atoms with Gasteiger partial charge < -0.3 is 14.8 Å². The Morgan fingerprint density at radius 2 is 1.79 bits per heavy atom. The highest BCUT2D eigenvalue weighted by Gasteiger charge is 2.21. The molecule has 0 aromatic heterocycles. The van der Waals surface area contributed by atoms with Crippen LogP contribution in [0.1, 0.15) is 20.7 Å². The normalized spacial score (nSPS) is 9.92. The minimum absolute atomic E-state index is 0.0729. The number of methoxy groups -OCH3 is 2. The van der Waals surface area contributed by atoms with Crippen LogP contribution in [0.2, 0.25) is 0 Å². The van der Waals surface area contributed by atoms with Gasteiger partial charge in [0, 0.05) is 6.07 Å². The first-order valence-electron chi connectivity index (χ1n) is 6.79. The Hall–Kier alpha value is -3.42. The maximum Gasteiger partial charge on any atom is 0.340 e. The van der Waals surface area contributed by atoms with E-state index in [1.165, 1.54) is 50.6 Å². The van der Waals surface area contributed by atoms with E-state index in [4.69, 9.17) is 4.74 Å². The van der Waals surface area contributed by atoms with E-state index in [1.54, 1.807) is 6.07 Å². The van der Waals surface area contributed by atoms with Crippen molar-refractivity contribution in [1.82, 2.24) is 0 Å². The molecule has 24 heavy (non-hydrogen) atoms. The van der Waals surface area contributed by atoms with Crippen molar-refractivity contribution in [3.63, 3.8) is 0 Å². The number of benzene rings is 2. The largest absolute Gasteiger partial charge is 0.497 e. The summed E-state index contributed by atoms with van der Waals surface area (Å²) in [5, 5.41) is 13.5. The summed E-state index contributed by atoms with van der Waals surface area (Å²) in [6.45, 7) is 0. The standard InChI is InChI=1S/C16H14N2O6/c1-23-10-7-8-13(12(9-10)16(20)24-2)17-15(19)11-5-3-4-6-14(11)18(21)22/h3-9H,1-2H3,(H,17,19). The molecule has 0 saturated heterocycles. The number of carbonyl (C=O) groups excluding carboxylic acids is 2. The molecule has 2 aromatic rings. The number of para-hydroxylation sites is 1. The summed E-state index contributed by atoms with van der Waals surface area (Å²) in [5.41, 5.74) is -0.216. The van der Waals surface area contributed by atoms with E-state index >= 15 is 0 Å². The van der Waals surface area contributed by atoms with Gasteiger partial charge >= 0.3 is 5.97 Å². The summed E-state index contributed by atoms with van der Waals surface area (Å²) in [5.74, 6) is -0.983. The first-order chi connectivity index (χ1) is 11.5. The van der Waals surface area contributed by atoms with Gasteiger partial charge in [0.2, 0.25) is 0 Å². The molecule has 0 radical (unpaired) electrons. The van der Waals surface area contributed by atoms with Crippen LogP contribution < -0.4 is 10.1 Å². The summed E-state index contributed by atoms with van der Waals surface area (Å²) in [6, 6.07) is 9.93. The van der Waals surface area contributed by atoms with E-state index in [-0.39, 0.29) is 22.5 Å². The van der Waals surface area contributed by atoms with Crippen LogP contribution in [0.25, 0.3) is 0 Å². The van der Waals surface area contributed by atoms with Crippen LogP contribution >= 0.6 is 0 Å². The topological polar surface area (TPSA) is 108 Å². The van der Waals surface area contributed by atoms with E-state index in [9.17, 15) is 19.7 Å². The van der Waals surface area contributed by atoms with Gasteiger partial charge in [-0.05, 0) is 24.3 Å². The smallest absolute Gasteiger partial charge is 0.340 e. The highest BCUT2D eigenvalue weighted by molar-refractivity contribution is 6.10. The molecule has 2 aromatic carbocycles. The Bertz CT molecular complexity index is 803. The summed E-state index contributed by atoms with van der Waals surface area (Å²) in [4.78, 5) is 34.6. The summed E-state index contributed by atoms with van der Waals surface area (Å²) >= 11 is 0. The SMILES string of the molecule is COC(=O)c1cc(OC)ccc1NC(=O)c1ccccc1[N+](=O)[O-]. The minimum atomic E-state index is -0.711. The molecule has 0 spiro atoms. The molecule has 0 unspecified atom stereocenters. The lowest BCUT2D eigenvalue weighted by atomic mass is 10.1. The first-order valence-corrected chi connectivity index (χ1v) is 6.79. The molecular weight excluding hydrogens is 316 g/mol. The number of ether oxygens (including phenoxy) is 2. The number of rotatable bonds is 5. The van der Waals surface area contributed by atoms with Crippen LogP contribution in [0.5, 0.6) is 5.75 Å². The molecule has 0 bridgehead atoms. The highest BCUT2D eigenvalue weighted by Crippen LogP contribution is 2.25. The molecule has 0 saturated carbocycles. The Morgan fingerprint density at radius 1 is 1.08 bits per heavy atom. The van der Waals surface area contributed by atoms with Crippen molar-refractivity contribution in [2.24, 2.45) is 0 Å². The minimum Gasteiger partial charge on any atom is -0.497 e. The third kappa shape index (κ3) is 3.49. The molecule has 8 heteroatoms. The maximum atomic E-state index is 12.4. The molecule has 8 nitrogen and oxygen atoms in total. The van der Waals surface area contributed by atoms with E-state index < -0.39 is 16.8 Å². The van der Waals surface area contributed by atoms with Crippen molar-refractivity contribution in [1.29, 1.82) is 0 Å². The predicted octanol–water partition coefficient (Wildman–Crippen LogP) is 2.64. The van der Waals surface area contributed by atoms with Crippen molar-refractivity contribution in [3.05, 3.63) is 63.7 Å². The fraction of sp³-hybridized carbons (Fsp3) is 0.125. The Balaban J connectivity index is 2.39. The fourth-order valence-corrected chi connectivity index (χ4v) is 2.05. The van der Waals surface area contributed by atoms with Crippen LogP contribution in [-0.2, 0) is 4.74 Å². The number of esters is 1. The van der Waals surface area contributed by atoms with Crippen molar-refractivity contribution >= 4 is 23.3 Å². The zero-order chi connectivity index (χ0) is 17.7. The van der Waals surface area contributed by atoms with E-state index in [0.29, 0.717) is 5.75 Å². The number of hydrogen-bond acceptors (Lipinski definition) is 6. The van der Waals surface area contributed by atoms with Gasteiger partial charge in [0.1, 0.15) is 11.3 Å². The van der Waals surface area contributed by atoms with Crippen molar-refractivity contribution in [2.45, 2.75) is 0 Å². The van der Waals surface area contributed by atoms with Crippen molar-refractivity contribution in [2.75, 3.05) is 19.5 Å². The van der Waals surface area contributed by atoms with Crippen molar-refractivity contribution < 1.29 is 24.0 Å². The number of nitrogens with zero attached hydrogens (tertiary/aromatic N) is 1. The monoisotopic (exact) mass is 330 g/mol. The molecule has 0 fully saturated rings. The lowest BCUT2D eigenvalue weighted by Crippen LogP contribution is -2.16. The molecule has 2 rings (SSSR count). The van der Waals surface area contributed by atoms with Gasteiger partial charge in [0.25, 0.3) is 11.6 Å². The fourth-order valence-electron chi connectivity index (χ4n) is 2.05. The predicted molar refractivity (Wildman–Crippen MR) is 85.4 cm³/mol. The third-order valence-corrected chi connectivity index (χ3v) is 3.23. The number of amides is 1. The number of hydrogen-bond donors (Lipinski definition) is 1. The highest BCUT2D eigenvalue weighted by atomic mass is 16.6. The molecule has 0 aliphatic carbocycles. The van der Waals surface area contributed by atoms with Gasteiger partial charge in [-0.1, -0.05) is 12.1 Å². The van der Waals surface area contributed by atoms with Crippen molar-refractivity contribution in [3.8, 4) is 5.75 Å². The number of nitrogens with one attached hydrogen (secondary N) is 1. The van der Waals surface area contributed by atoms with Gasteiger partial charge in [0.15, 0.2) is 0 Å². The average molecular weight is 330 g/mol. The zero-order valence-electron chi connectivity index (χ0n) is 12.9. The quantitative estimate of drug-likeness (QED) is 0.513. The Labute approximate surface area is 137 Å². The molecule has 1 amide bonds. The van der Waals surface area contributed by atoms with Gasteiger partial charge in [-0.2, -0.15) is 0 Å². The number of carbonyl (C=O) groups is 2.